The summed E-state index contributed by atoms with van der Waals surface area (Å²) in [7, 11) is 0. The molecule has 1 aromatic heterocycles. The fraction of sp³-hybridized carbons (Fsp3) is 0.143. The molecule has 0 fully saturated rings. The number of nitrogens with one attached hydrogen (secondary N) is 1. The first kappa shape index (κ1) is 12.1. The lowest BCUT2D eigenvalue weighted by molar-refractivity contribution is 0.102. The standard InChI is InChI=1S/C14H14N2O2/c1-2-18-13-7-5-11(6-8-13)14(17)16-12-4-3-9-15-10-12/h3-10H,2H2,1H3,(H,16,17). The number of amides is 1. The second-order valence-corrected chi connectivity index (χ2v) is 3.65. The minimum atomic E-state index is -0.161. The Labute approximate surface area is 106 Å². The quantitative estimate of drug-likeness (QED) is 0.896. The summed E-state index contributed by atoms with van der Waals surface area (Å²) in [6, 6.07) is 10.6. The zero-order valence-electron chi connectivity index (χ0n) is 10.1. The predicted octanol–water partition coefficient (Wildman–Crippen LogP) is 2.73. The monoisotopic (exact) mass is 242 g/mol. The van der Waals surface area contributed by atoms with Crippen LogP contribution in [0.25, 0.3) is 0 Å². The van der Waals surface area contributed by atoms with Crippen molar-refractivity contribution in [2.24, 2.45) is 0 Å². The molecule has 0 aliphatic heterocycles. The molecule has 1 heterocycles. The van der Waals surface area contributed by atoms with Gasteiger partial charge >= 0.3 is 0 Å². The Morgan fingerprint density at radius 1 is 1.28 bits per heavy atom. The molecule has 92 valence electrons. The highest BCUT2D eigenvalue weighted by Crippen LogP contribution is 2.13. The van der Waals surface area contributed by atoms with Crippen molar-refractivity contribution in [3.05, 3.63) is 54.4 Å². The average molecular weight is 242 g/mol. The van der Waals surface area contributed by atoms with Crippen LogP contribution >= 0.6 is 0 Å². The Bertz CT molecular complexity index is 509. The highest BCUT2D eigenvalue weighted by atomic mass is 16.5. The highest BCUT2D eigenvalue weighted by molar-refractivity contribution is 6.04. The Hall–Kier alpha value is -2.36. The van der Waals surface area contributed by atoms with Gasteiger partial charge in [0.15, 0.2) is 0 Å². The van der Waals surface area contributed by atoms with Crippen molar-refractivity contribution in [1.29, 1.82) is 0 Å². The molecule has 2 rings (SSSR count). The average Bonchev–Trinajstić information content (AvgIpc) is 2.41. The summed E-state index contributed by atoms with van der Waals surface area (Å²) in [6.07, 6.45) is 3.26. The molecule has 0 radical (unpaired) electrons. The number of benzene rings is 1. The molecule has 0 aliphatic carbocycles. The summed E-state index contributed by atoms with van der Waals surface area (Å²) in [5, 5.41) is 2.77. The molecule has 1 amide bonds. The van der Waals surface area contributed by atoms with Crippen LogP contribution in [-0.4, -0.2) is 17.5 Å². The third kappa shape index (κ3) is 3.07. The van der Waals surface area contributed by atoms with E-state index in [2.05, 4.69) is 10.3 Å². The summed E-state index contributed by atoms with van der Waals surface area (Å²) in [4.78, 5) is 15.8. The van der Waals surface area contributed by atoms with Crippen LogP contribution in [0.15, 0.2) is 48.8 Å². The molecule has 0 saturated carbocycles. The normalized spacial score (nSPS) is 9.83. The maximum absolute atomic E-state index is 11.9. The van der Waals surface area contributed by atoms with Crippen LogP contribution in [-0.2, 0) is 0 Å². The first-order valence-electron chi connectivity index (χ1n) is 5.74. The van der Waals surface area contributed by atoms with E-state index in [0.29, 0.717) is 17.9 Å². The maximum Gasteiger partial charge on any atom is 0.255 e. The van der Waals surface area contributed by atoms with Crippen LogP contribution in [0.5, 0.6) is 5.75 Å². The predicted molar refractivity (Wildman–Crippen MR) is 69.8 cm³/mol. The van der Waals surface area contributed by atoms with E-state index < -0.39 is 0 Å². The lowest BCUT2D eigenvalue weighted by atomic mass is 10.2. The summed E-state index contributed by atoms with van der Waals surface area (Å²) in [5.74, 6) is 0.599. The van der Waals surface area contributed by atoms with Gasteiger partial charge in [-0.05, 0) is 43.3 Å². The number of pyridine rings is 1. The van der Waals surface area contributed by atoms with Crippen LogP contribution in [0.2, 0.25) is 0 Å². The topological polar surface area (TPSA) is 51.2 Å². The number of carbonyl (C=O) groups is 1. The molecular weight excluding hydrogens is 228 g/mol. The van der Waals surface area contributed by atoms with Gasteiger partial charge < -0.3 is 10.1 Å². The van der Waals surface area contributed by atoms with Crippen molar-refractivity contribution in [2.45, 2.75) is 6.92 Å². The number of nitrogens with zero attached hydrogens (tertiary/aromatic N) is 1. The van der Waals surface area contributed by atoms with Gasteiger partial charge in [-0.1, -0.05) is 0 Å². The van der Waals surface area contributed by atoms with E-state index in [1.807, 2.05) is 6.92 Å². The Kier molecular flexibility index (Phi) is 3.91. The van der Waals surface area contributed by atoms with Gasteiger partial charge in [-0.15, -0.1) is 0 Å². The second kappa shape index (κ2) is 5.82. The number of ether oxygens (including phenoxy) is 1. The molecule has 0 atom stereocenters. The molecule has 0 bridgehead atoms. The fourth-order valence-electron chi connectivity index (χ4n) is 1.51. The second-order valence-electron chi connectivity index (χ2n) is 3.65. The molecule has 2 aromatic rings. The summed E-state index contributed by atoms with van der Waals surface area (Å²) in [6.45, 7) is 2.53. The summed E-state index contributed by atoms with van der Waals surface area (Å²) < 4.78 is 5.32. The first-order chi connectivity index (χ1) is 8.79. The Morgan fingerprint density at radius 3 is 2.67 bits per heavy atom. The molecule has 1 N–H and O–H groups in total. The van der Waals surface area contributed by atoms with Gasteiger partial charge in [0.1, 0.15) is 5.75 Å². The SMILES string of the molecule is CCOc1ccc(C(=O)Nc2cccnc2)cc1. The molecule has 0 spiro atoms. The van der Waals surface area contributed by atoms with E-state index in [0.717, 1.165) is 5.75 Å². The number of rotatable bonds is 4. The molecule has 0 saturated heterocycles. The smallest absolute Gasteiger partial charge is 0.255 e. The van der Waals surface area contributed by atoms with Crippen LogP contribution in [0.3, 0.4) is 0 Å². The van der Waals surface area contributed by atoms with Crippen LogP contribution in [0.1, 0.15) is 17.3 Å². The molecule has 4 heteroatoms. The van der Waals surface area contributed by atoms with Crippen molar-refractivity contribution in [2.75, 3.05) is 11.9 Å². The first-order valence-corrected chi connectivity index (χ1v) is 5.74. The van der Waals surface area contributed by atoms with E-state index >= 15 is 0 Å². The van der Waals surface area contributed by atoms with Crippen LogP contribution in [0, 0.1) is 0 Å². The summed E-state index contributed by atoms with van der Waals surface area (Å²) >= 11 is 0. The number of hydrogen-bond acceptors (Lipinski definition) is 3. The number of hydrogen-bond donors (Lipinski definition) is 1. The van der Waals surface area contributed by atoms with Crippen molar-refractivity contribution >= 4 is 11.6 Å². The lowest BCUT2D eigenvalue weighted by Crippen LogP contribution is -2.11. The van der Waals surface area contributed by atoms with Gasteiger partial charge in [-0.3, -0.25) is 9.78 Å². The lowest BCUT2D eigenvalue weighted by Gasteiger charge is -2.06. The summed E-state index contributed by atoms with van der Waals surface area (Å²) in [5.41, 5.74) is 1.26. The van der Waals surface area contributed by atoms with Crippen molar-refractivity contribution in [3.8, 4) is 5.75 Å². The molecule has 18 heavy (non-hydrogen) atoms. The Morgan fingerprint density at radius 2 is 2.06 bits per heavy atom. The molecule has 1 aromatic carbocycles. The highest BCUT2D eigenvalue weighted by Gasteiger charge is 2.05. The van der Waals surface area contributed by atoms with Gasteiger partial charge in [0.2, 0.25) is 0 Å². The van der Waals surface area contributed by atoms with Gasteiger partial charge in [-0.2, -0.15) is 0 Å². The minimum Gasteiger partial charge on any atom is -0.494 e. The van der Waals surface area contributed by atoms with Gasteiger partial charge in [-0.25, -0.2) is 0 Å². The third-order valence-corrected chi connectivity index (χ3v) is 2.35. The van der Waals surface area contributed by atoms with Gasteiger partial charge in [0, 0.05) is 11.8 Å². The largest absolute Gasteiger partial charge is 0.494 e. The number of anilines is 1. The van der Waals surface area contributed by atoms with Crippen LogP contribution < -0.4 is 10.1 Å². The van der Waals surface area contributed by atoms with Crippen molar-refractivity contribution in [3.63, 3.8) is 0 Å². The third-order valence-electron chi connectivity index (χ3n) is 2.35. The zero-order chi connectivity index (χ0) is 12.8. The molecule has 4 nitrogen and oxygen atoms in total. The van der Waals surface area contributed by atoms with Crippen molar-refractivity contribution in [1.82, 2.24) is 4.98 Å². The van der Waals surface area contributed by atoms with E-state index in [-0.39, 0.29) is 5.91 Å². The fourth-order valence-corrected chi connectivity index (χ4v) is 1.51. The van der Waals surface area contributed by atoms with E-state index in [1.54, 1.807) is 48.8 Å². The van der Waals surface area contributed by atoms with Gasteiger partial charge in [0.05, 0.1) is 18.5 Å². The minimum absolute atomic E-state index is 0.161. The number of carbonyl (C=O) groups excluding carboxylic acids is 1. The van der Waals surface area contributed by atoms with E-state index in [1.165, 1.54) is 0 Å². The van der Waals surface area contributed by atoms with E-state index in [9.17, 15) is 4.79 Å². The molecular formula is C14H14N2O2. The maximum atomic E-state index is 11.9. The van der Waals surface area contributed by atoms with Crippen LogP contribution in [0.4, 0.5) is 5.69 Å². The molecule has 0 unspecified atom stereocenters. The van der Waals surface area contributed by atoms with E-state index in [4.69, 9.17) is 4.74 Å². The Balaban J connectivity index is 2.05. The van der Waals surface area contributed by atoms with Gasteiger partial charge in [0.25, 0.3) is 5.91 Å². The van der Waals surface area contributed by atoms with Crippen molar-refractivity contribution < 1.29 is 9.53 Å². The zero-order valence-corrected chi connectivity index (χ0v) is 10.1. The number of aromatic nitrogens is 1. The molecule has 0 aliphatic rings.